The van der Waals surface area contributed by atoms with Crippen LogP contribution in [-0.4, -0.2) is 17.5 Å². The van der Waals surface area contributed by atoms with Crippen LogP contribution in [0, 0.1) is 6.92 Å². The van der Waals surface area contributed by atoms with E-state index in [0.717, 1.165) is 33.1 Å². The molecule has 0 aliphatic heterocycles. The Balaban J connectivity index is 1.43. The highest BCUT2D eigenvalue weighted by atomic mass is 79.9. The first-order chi connectivity index (χ1) is 14.5. The molecule has 5 nitrogen and oxygen atoms in total. The van der Waals surface area contributed by atoms with Gasteiger partial charge in [0.05, 0.1) is 4.47 Å². The lowest BCUT2D eigenvalue weighted by Crippen LogP contribution is -2.20. The second-order valence-corrected chi connectivity index (χ2v) is 7.88. The van der Waals surface area contributed by atoms with Gasteiger partial charge < -0.3 is 14.5 Å². The van der Waals surface area contributed by atoms with Crippen molar-refractivity contribution < 1.29 is 13.9 Å². The van der Waals surface area contributed by atoms with Gasteiger partial charge in [-0.25, -0.2) is 4.98 Å². The Hall–Kier alpha value is -3.12. The first kappa shape index (κ1) is 20.2. The largest absolute Gasteiger partial charge is 0.484 e. The van der Waals surface area contributed by atoms with E-state index in [1.807, 2.05) is 61.5 Å². The van der Waals surface area contributed by atoms with E-state index in [0.29, 0.717) is 17.3 Å². The fraction of sp³-hybridized carbons (Fsp3) is 0.167. The third-order valence-corrected chi connectivity index (χ3v) is 5.28. The summed E-state index contributed by atoms with van der Waals surface area (Å²) in [5.41, 5.74) is 5.35. The molecule has 4 rings (SSSR count). The van der Waals surface area contributed by atoms with Crippen LogP contribution >= 0.6 is 15.9 Å². The number of hydrogen-bond donors (Lipinski definition) is 1. The van der Waals surface area contributed by atoms with Crippen LogP contribution in [0.1, 0.15) is 18.1 Å². The number of aryl methyl sites for hydroxylation is 2. The number of oxazole rings is 1. The van der Waals surface area contributed by atoms with Crippen molar-refractivity contribution in [1.29, 1.82) is 0 Å². The van der Waals surface area contributed by atoms with Crippen LogP contribution in [0.4, 0.5) is 5.69 Å². The normalized spacial score (nSPS) is 10.9. The summed E-state index contributed by atoms with van der Waals surface area (Å²) >= 11 is 3.56. The summed E-state index contributed by atoms with van der Waals surface area (Å²) in [6.07, 6.45) is 0.929. The van der Waals surface area contributed by atoms with E-state index in [1.54, 1.807) is 0 Å². The van der Waals surface area contributed by atoms with Gasteiger partial charge in [0, 0.05) is 11.3 Å². The Bertz CT molecular complexity index is 1200. The molecule has 1 amide bonds. The van der Waals surface area contributed by atoms with Crippen molar-refractivity contribution in [2.75, 3.05) is 11.9 Å². The minimum Gasteiger partial charge on any atom is -0.484 e. The van der Waals surface area contributed by atoms with Crippen LogP contribution in [0.2, 0.25) is 0 Å². The maximum atomic E-state index is 12.2. The van der Waals surface area contributed by atoms with Gasteiger partial charge in [0.2, 0.25) is 5.89 Å². The van der Waals surface area contributed by atoms with Crippen molar-refractivity contribution in [1.82, 2.24) is 4.98 Å². The Labute approximate surface area is 183 Å². The van der Waals surface area contributed by atoms with E-state index in [9.17, 15) is 4.79 Å². The first-order valence-corrected chi connectivity index (χ1v) is 10.5. The number of halogens is 1. The summed E-state index contributed by atoms with van der Waals surface area (Å²) in [7, 11) is 0. The quantitative estimate of drug-likeness (QED) is 0.371. The predicted octanol–water partition coefficient (Wildman–Crippen LogP) is 6.15. The molecular weight excluding hydrogens is 444 g/mol. The van der Waals surface area contributed by atoms with Crippen molar-refractivity contribution in [2.24, 2.45) is 0 Å². The summed E-state index contributed by atoms with van der Waals surface area (Å²) < 4.78 is 12.4. The predicted molar refractivity (Wildman–Crippen MR) is 122 cm³/mol. The molecule has 0 spiro atoms. The molecule has 6 heteroatoms. The van der Waals surface area contributed by atoms with Crippen LogP contribution in [0.5, 0.6) is 5.75 Å². The van der Waals surface area contributed by atoms with Crippen molar-refractivity contribution in [3.05, 3.63) is 76.3 Å². The molecule has 0 atom stereocenters. The number of amides is 1. The monoisotopic (exact) mass is 464 g/mol. The van der Waals surface area contributed by atoms with Crippen LogP contribution in [0.15, 0.2) is 69.6 Å². The highest BCUT2D eigenvalue weighted by Crippen LogP contribution is 2.31. The highest BCUT2D eigenvalue weighted by molar-refractivity contribution is 9.10. The number of rotatable bonds is 6. The number of carbonyl (C=O) groups is 1. The molecule has 0 bridgehead atoms. The van der Waals surface area contributed by atoms with E-state index in [4.69, 9.17) is 9.15 Å². The third kappa shape index (κ3) is 4.54. The van der Waals surface area contributed by atoms with E-state index in [2.05, 4.69) is 39.2 Å². The lowest BCUT2D eigenvalue weighted by Gasteiger charge is -2.08. The molecule has 0 aliphatic carbocycles. The second-order valence-electron chi connectivity index (χ2n) is 7.03. The van der Waals surface area contributed by atoms with Gasteiger partial charge >= 0.3 is 0 Å². The minimum atomic E-state index is -0.220. The number of anilines is 1. The van der Waals surface area contributed by atoms with Gasteiger partial charge in [0.15, 0.2) is 12.2 Å². The smallest absolute Gasteiger partial charge is 0.262 e. The van der Waals surface area contributed by atoms with E-state index in [-0.39, 0.29) is 12.5 Å². The highest BCUT2D eigenvalue weighted by Gasteiger charge is 2.12. The molecule has 1 heterocycles. The summed E-state index contributed by atoms with van der Waals surface area (Å²) in [5.74, 6) is 0.996. The number of nitrogens with zero attached hydrogens (tertiary/aromatic N) is 1. The zero-order valence-electron chi connectivity index (χ0n) is 16.7. The van der Waals surface area contributed by atoms with Crippen molar-refractivity contribution in [3.8, 4) is 17.2 Å². The first-order valence-electron chi connectivity index (χ1n) is 9.70. The van der Waals surface area contributed by atoms with Crippen LogP contribution < -0.4 is 10.1 Å². The minimum absolute atomic E-state index is 0.0515. The number of carbonyl (C=O) groups excluding carboxylic acids is 1. The lowest BCUT2D eigenvalue weighted by molar-refractivity contribution is -0.118. The zero-order chi connectivity index (χ0) is 21.1. The van der Waals surface area contributed by atoms with Crippen LogP contribution in [0.3, 0.4) is 0 Å². The van der Waals surface area contributed by atoms with Gasteiger partial charge in [-0.05, 0) is 88.9 Å². The van der Waals surface area contributed by atoms with Crippen LogP contribution in [-0.2, 0) is 11.2 Å². The number of benzene rings is 3. The molecular formula is C24H21BrN2O3. The fourth-order valence-corrected chi connectivity index (χ4v) is 3.70. The molecule has 0 radical (unpaired) electrons. The number of aromatic nitrogens is 1. The average molecular weight is 465 g/mol. The number of ether oxygens (including phenoxy) is 1. The number of hydrogen-bond acceptors (Lipinski definition) is 4. The summed E-state index contributed by atoms with van der Waals surface area (Å²) in [6, 6.07) is 19.1. The molecule has 0 saturated heterocycles. The summed E-state index contributed by atoms with van der Waals surface area (Å²) in [5, 5.41) is 2.83. The maximum Gasteiger partial charge on any atom is 0.262 e. The molecule has 0 fully saturated rings. The van der Waals surface area contributed by atoms with Crippen molar-refractivity contribution >= 4 is 38.6 Å². The van der Waals surface area contributed by atoms with Crippen molar-refractivity contribution in [3.63, 3.8) is 0 Å². The summed E-state index contributed by atoms with van der Waals surface area (Å²) in [4.78, 5) is 16.8. The number of fused-ring (bicyclic) bond motifs is 1. The second kappa shape index (κ2) is 8.71. The Morgan fingerprint density at radius 3 is 2.67 bits per heavy atom. The molecule has 0 saturated carbocycles. The average Bonchev–Trinajstić information content (AvgIpc) is 3.17. The van der Waals surface area contributed by atoms with Gasteiger partial charge in [0.25, 0.3) is 5.91 Å². The van der Waals surface area contributed by atoms with Crippen molar-refractivity contribution in [2.45, 2.75) is 20.3 Å². The van der Waals surface area contributed by atoms with Gasteiger partial charge in [-0.2, -0.15) is 0 Å². The standard InChI is InChI=1S/C24H21BrN2O3/c1-3-16-12-20(25)23-21(13-16)27-24(30-23)17-7-9-18(10-8-17)26-22(28)14-29-19-6-4-5-15(2)11-19/h4-13H,3,14H2,1-2H3,(H,26,28). The molecule has 30 heavy (non-hydrogen) atoms. The van der Waals surface area contributed by atoms with E-state index >= 15 is 0 Å². The van der Waals surface area contributed by atoms with Gasteiger partial charge in [-0.1, -0.05) is 19.1 Å². The van der Waals surface area contributed by atoms with Gasteiger partial charge in [-0.15, -0.1) is 0 Å². The Kier molecular flexibility index (Phi) is 5.86. The SMILES string of the molecule is CCc1cc(Br)c2oc(-c3ccc(NC(=O)COc4cccc(C)c4)cc3)nc2c1. The van der Waals surface area contributed by atoms with E-state index < -0.39 is 0 Å². The van der Waals surface area contributed by atoms with E-state index in [1.165, 1.54) is 5.56 Å². The fourth-order valence-electron chi connectivity index (χ4n) is 3.12. The topological polar surface area (TPSA) is 64.4 Å². The molecule has 152 valence electrons. The molecule has 0 unspecified atom stereocenters. The van der Waals surface area contributed by atoms with Crippen LogP contribution in [0.25, 0.3) is 22.6 Å². The lowest BCUT2D eigenvalue weighted by atomic mass is 10.1. The maximum absolute atomic E-state index is 12.2. The van der Waals surface area contributed by atoms with Gasteiger partial charge in [0.1, 0.15) is 11.3 Å². The Morgan fingerprint density at radius 2 is 1.93 bits per heavy atom. The Morgan fingerprint density at radius 1 is 1.13 bits per heavy atom. The molecule has 4 aromatic rings. The summed E-state index contributed by atoms with van der Waals surface area (Å²) in [6.45, 7) is 4.03. The molecule has 3 aromatic carbocycles. The molecule has 1 N–H and O–H groups in total. The zero-order valence-corrected chi connectivity index (χ0v) is 18.3. The molecule has 1 aromatic heterocycles. The van der Waals surface area contributed by atoms with Gasteiger partial charge in [-0.3, -0.25) is 4.79 Å². The molecule has 0 aliphatic rings. The number of nitrogens with one attached hydrogen (secondary N) is 1. The third-order valence-electron chi connectivity index (χ3n) is 4.69.